The minimum atomic E-state index is -0.927. The number of carbonyl (C=O) groups excluding carboxylic acids is 3. The van der Waals surface area contributed by atoms with Crippen molar-refractivity contribution in [1.82, 2.24) is 0 Å². The van der Waals surface area contributed by atoms with E-state index in [2.05, 4.69) is 5.32 Å². The maximum absolute atomic E-state index is 13.6. The number of hydrogen-bond acceptors (Lipinski definition) is 6. The van der Waals surface area contributed by atoms with E-state index >= 15 is 0 Å². The molecule has 0 radical (unpaired) electrons. The molecule has 1 aliphatic rings. The number of amides is 2. The molecular weight excluding hydrogens is 496 g/mol. The number of Topliss-reactive ketones (excluding diaryl/α,β-unsaturated/α-hetero) is 1. The highest BCUT2D eigenvalue weighted by molar-refractivity contribution is 6.51. The second-order valence-corrected chi connectivity index (χ2v) is 10.3. The molecule has 8 nitrogen and oxygen atoms in total. The lowest BCUT2D eigenvalue weighted by Crippen LogP contribution is -2.29. The normalized spacial score (nSPS) is 16.8. The summed E-state index contributed by atoms with van der Waals surface area (Å²) in [7, 11) is 3.12. The number of nitrogens with zero attached hydrogens (tertiary/aromatic N) is 1. The van der Waals surface area contributed by atoms with Crippen molar-refractivity contribution in [3.8, 4) is 11.5 Å². The highest BCUT2D eigenvalue weighted by atomic mass is 16.5. The first kappa shape index (κ1) is 27.4. The second-order valence-electron chi connectivity index (χ2n) is 10.3. The highest BCUT2D eigenvalue weighted by Crippen LogP contribution is 2.44. The molecule has 39 heavy (non-hydrogen) atoms. The van der Waals surface area contributed by atoms with Crippen LogP contribution in [0.3, 0.4) is 0 Å². The summed E-state index contributed by atoms with van der Waals surface area (Å²) in [5.74, 6) is -0.902. The summed E-state index contributed by atoms with van der Waals surface area (Å²) in [5, 5.41) is 14.3. The van der Waals surface area contributed by atoms with Crippen LogP contribution in [0, 0.1) is 0 Å². The van der Waals surface area contributed by atoms with Crippen molar-refractivity contribution in [3.05, 3.63) is 89.0 Å². The third kappa shape index (κ3) is 5.36. The number of ether oxygens (including phenoxy) is 2. The average molecular weight is 529 g/mol. The molecule has 0 spiro atoms. The van der Waals surface area contributed by atoms with Crippen LogP contribution in [0.5, 0.6) is 11.5 Å². The van der Waals surface area contributed by atoms with Gasteiger partial charge in [-0.15, -0.1) is 0 Å². The van der Waals surface area contributed by atoms with E-state index in [9.17, 15) is 19.5 Å². The summed E-state index contributed by atoms with van der Waals surface area (Å²) in [4.78, 5) is 40.1. The molecule has 1 fully saturated rings. The van der Waals surface area contributed by atoms with Gasteiger partial charge in [-0.05, 0) is 59.5 Å². The molecule has 1 heterocycles. The topological polar surface area (TPSA) is 105 Å². The van der Waals surface area contributed by atoms with E-state index in [4.69, 9.17) is 9.47 Å². The Balaban J connectivity index is 1.94. The van der Waals surface area contributed by atoms with Crippen LogP contribution in [-0.2, 0) is 19.8 Å². The Morgan fingerprint density at radius 2 is 1.64 bits per heavy atom. The fourth-order valence-electron chi connectivity index (χ4n) is 4.73. The zero-order chi connectivity index (χ0) is 28.5. The lowest BCUT2D eigenvalue weighted by Gasteiger charge is -2.26. The van der Waals surface area contributed by atoms with Crippen LogP contribution in [0.15, 0.2) is 72.3 Å². The quantitative estimate of drug-likeness (QED) is 0.246. The summed E-state index contributed by atoms with van der Waals surface area (Å²) >= 11 is 0. The summed E-state index contributed by atoms with van der Waals surface area (Å²) < 4.78 is 10.8. The molecule has 0 bridgehead atoms. The number of ketones is 1. The predicted octanol–water partition coefficient (Wildman–Crippen LogP) is 5.59. The number of aliphatic hydroxyl groups excluding tert-OH is 1. The average Bonchev–Trinajstić information content (AvgIpc) is 3.17. The Labute approximate surface area is 227 Å². The van der Waals surface area contributed by atoms with Crippen LogP contribution in [0.1, 0.15) is 50.4 Å². The number of benzene rings is 3. The first-order valence-electron chi connectivity index (χ1n) is 12.5. The van der Waals surface area contributed by atoms with Crippen LogP contribution in [0.4, 0.5) is 11.4 Å². The van der Waals surface area contributed by atoms with Gasteiger partial charge in [0.15, 0.2) is 0 Å². The molecule has 2 N–H and O–H groups in total. The van der Waals surface area contributed by atoms with Crippen LogP contribution in [0.25, 0.3) is 5.76 Å². The predicted molar refractivity (Wildman–Crippen MR) is 150 cm³/mol. The van der Waals surface area contributed by atoms with Gasteiger partial charge in [0.2, 0.25) is 5.91 Å². The van der Waals surface area contributed by atoms with Gasteiger partial charge in [-0.1, -0.05) is 39.0 Å². The number of nitrogens with one attached hydrogen (secondary N) is 1. The molecule has 3 aromatic carbocycles. The Morgan fingerprint density at radius 1 is 0.949 bits per heavy atom. The van der Waals surface area contributed by atoms with Crippen LogP contribution >= 0.6 is 0 Å². The van der Waals surface area contributed by atoms with Gasteiger partial charge in [0.05, 0.1) is 25.8 Å². The first-order valence-corrected chi connectivity index (χ1v) is 12.5. The lowest BCUT2D eigenvalue weighted by atomic mass is 9.84. The van der Waals surface area contributed by atoms with E-state index in [1.165, 1.54) is 11.8 Å². The molecule has 0 aromatic heterocycles. The lowest BCUT2D eigenvalue weighted by molar-refractivity contribution is -0.132. The Hall–Kier alpha value is -4.59. The number of rotatable bonds is 6. The van der Waals surface area contributed by atoms with Crippen LogP contribution < -0.4 is 19.7 Å². The molecular formula is C31H32N2O6. The van der Waals surface area contributed by atoms with Crippen molar-refractivity contribution in [2.24, 2.45) is 0 Å². The zero-order valence-corrected chi connectivity index (χ0v) is 22.9. The number of anilines is 2. The minimum absolute atomic E-state index is 0.0416. The Bertz CT molecular complexity index is 1470. The highest BCUT2D eigenvalue weighted by Gasteiger charge is 2.47. The van der Waals surface area contributed by atoms with Crippen molar-refractivity contribution in [1.29, 1.82) is 0 Å². The van der Waals surface area contributed by atoms with Gasteiger partial charge >= 0.3 is 0 Å². The molecule has 2 amide bonds. The molecule has 0 aliphatic carbocycles. The van der Waals surface area contributed by atoms with Gasteiger partial charge in [-0.3, -0.25) is 19.3 Å². The maximum atomic E-state index is 13.6. The van der Waals surface area contributed by atoms with Gasteiger partial charge in [0.25, 0.3) is 11.7 Å². The third-order valence-corrected chi connectivity index (χ3v) is 6.60. The van der Waals surface area contributed by atoms with E-state index in [1.54, 1.807) is 80.9 Å². The molecule has 202 valence electrons. The van der Waals surface area contributed by atoms with Crippen molar-refractivity contribution >= 4 is 34.7 Å². The number of carbonyl (C=O) groups is 3. The van der Waals surface area contributed by atoms with Crippen molar-refractivity contribution in [2.75, 3.05) is 24.4 Å². The van der Waals surface area contributed by atoms with E-state index in [0.717, 1.165) is 5.56 Å². The van der Waals surface area contributed by atoms with E-state index < -0.39 is 17.7 Å². The molecule has 1 unspecified atom stereocenters. The molecule has 0 saturated carbocycles. The molecule has 1 saturated heterocycles. The van der Waals surface area contributed by atoms with E-state index in [0.29, 0.717) is 34.0 Å². The number of methoxy groups -OCH3 is 2. The SMILES string of the molecule is COc1ccc(C2/C(=C(/O)c3ccc(OC)c(C(C)(C)C)c3)C(=O)C(=O)N2c2cccc(NC(C)=O)c2)cc1. The van der Waals surface area contributed by atoms with Crippen molar-refractivity contribution in [3.63, 3.8) is 0 Å². The Morgan fingerprint density at radius 3 is 2.23 bits per heavy atom. The fourth-order valence-corrected chi connectivity index (χ4v) is 4.73. The Kier molecular flexibility index (Phi) is 7.49. The summed E-state index contributed by atoms with van der Waals surface area (Å²) in [6.07, 6.45) is 0. The summed E-state index contributed by atoms with van der Waals surface area (Å²) in [6.45, 7) is 7.45. The molecule has 4 rings (SSSR count). The molecule has 3 aromatic rings. The fraction of sp³-hybridized carbons (Fsp3) is 0.258. The second kappa shape index (κ2) is 10.6. The third-order valence-electron chi connectivity index (χ3n) is 6.60. The van der Waals surface area contributed by atoms with E-state index in [-0.39, 0.29) is 22.7 Å². The van der Waals surface area contributed by atoms with Gasteiger partial charge < -0.3 is 19.9 Å². The van der Waals surface area contributed by atoms with Gasteiger partial charge in [-0.25, -0.2) is 0 Å². The van der Waals surface area contributed by atoms with E-state index in [1.807, 2.05) is 20.8 Å². The van der Waals surface area contributed by atoms with Crippen LogP contribution in [0.2, 0.25) is 0 Å². The molecule has 1 atom stereocenters. The monoisotopic (exact) mass is 528 g/mol. The minimum Gasteiger partial charge on any atom is -0.507 e. The van der Waals surface area contributed by atoms with Crippen LogP contribution in [-0.4, -0.2) is 36.9 Å². The van der Waals surface area contributed by atoms with Crippen molar-refractivity contribution in [2.45, 2.75) is 39.2 Å². The zero-order valence-electron chi connectivity index (χ0n) is 22.9. The number of hydrogen-bond donors (Lipinski definition) is 2. The standard InChI is InChI=1S/C31H32N2O6/c1-18(34)32-21-8-7-9-22(17-21)33-27(19-10-13-23(38-5)14-11-19)26(29(36)30(33)37)28(35)20-12-15-25(39-6)24(16-20)31(2,3)4/h7-17,27,35H,1-6H3,(H,32,34)/b28-26-. The largest absolute Gasteiger partial charge is 0.507 e. The smallest absolute Gasteiger partial charge is 0.300 e. The van der Waals surface area contributed by atoms with Gasteiger partial charge in [0, 0.05) is 29.4 Å². The summed E-state index contributed by atoms with van der Waals surface area (Å²) in [5.41, 5.74) is 2.35. The first-order chi connectivity index (χ1) is 18.5. The molecule has 8 heteroatoms. The summed E-state index contributed by atoms with van der Waals surface area (Å²) in [6, 6.07) is 17.9. The number of aliphatic hydroxyl groups is 1. The van der Waals surface area contributed by atoms with Gasteiger partial charge in [-0.2, -0.15) is 0 Å². The van der Waals surface area contributed by atoms with Crippen molar-refractivity contribution < 1.29 is 29.0 Å². The maximum Gasteiger partial charge on any atom is 0.300 e. The van der Waals surface area contributed by atoms with Gasteiger partial charge in [0.1, 0.15) is 17.3 Å². The molecule has 1 aliphatic heterocycles.